The summed E-state index contributed by atoms with van der Waals surface area (Å²) in [7, 11) is -2.88. The summed E-state index contributed by atoms with van der Waals surface area (Å²) in [6.07, 6.45) is 1.97. The molecule has 2 aliphatic heterocycles. The third-order valence-corrected chi connectivity index (χ3v) is 7.03. The van der Waals surface area contributed by atoms with Gasteiger partial charge in [0.05, 0.1) is 18.1 Å². The molecule has 0 aromatic carbocycles. The summed E-state index contributed by atoms with van der Waals surface area (Å²) in [6, 6.07) is -0.0269. The first kappa shape index (κ1) is 20.5. The highest BCUT2D eigenvalue weighted by atomic mass is 32.2. The van der Waals surface area contributed by atoms with Crippen molar-refractivity contribution in [3.8, 4) is 0 Å². The van der Waals surface area contributed by atoms with E-state index in [-0.39, 0.29) is 23.1 Å². The number of sulfone groups is 1. The van der Waals surface area contributed by atoms with Crippen LogP contribution in [0.25, 0.3) is 0 Å². The normalized spacial score (nSPS) is 31.1. The monoisotopic (exact) mass is 372 g/mol. The second kappa shape index (κ2) is 8.25. The highest BCUT2D eigenvalue weighted by Crippen LogP contribution is 2.27. The van der Waals surface area contributed by atoms with Gasteiger partial charge in [0.2, 0.25) is 0 Å². The maximum Gasteiger partial charge on any atom is 0.191 e. The molecule has 2 rings (SSSR count). The van der Waals surface area contributed by atoms with Gasteiger partial charge in [-0.05, 0) is 45.4 Å². The average molecular weight is 373 g/mol. The van der Waals surface area contributed by atoms with Crippen LogP contribution in [0.15, 0.2) is 4.99 Å². The summed E-state index contributed by atoms with van der Waals surface area (Å²) in [4.78, 5) is 7.33. The van der Waals surface area contributed by atoms with E-state index in [0.717, 1.165) is 37.4 Å². The van der Waals surface area contributed by atoms with Gasteiger partial charge in [0.25, 0.3) is 0 Å². The van der Waals surface area contributed by atoms with Gasteiger partial charge in [-0.3, -0.25) is 9.89 Å². The molecule has 2 aliphatic rings. The Balaban J connectivity index is 1.99. The molecule has 2 heterocycles. The molecule has 3 atom stereocenters. The molecule has 0 aliphatic carbocycles. The van der Waals surface area contributed by atoms with E-state index in [2.05, 4.69) is 43.2 Å². The third-order valence-electron chi connectivity index (χ3n) is 5.27. The second-order valence-electron chi connectivity index (χ2n) is 8.60. The van der Waals surface area contributed by atoms with Crippen molar-refractivity contribution < 1.29 is 8.42 Å². The van der Waals surface area contributed by atoms with E-state index in [1.807, 2.05) is 6.92 Å². The van der Waals surface area contributed by atoms with E-state index in [0.29, 0.717) is 13.0 Å². The maximum absolute atomic E-state index is 11.7. The number of guanidine groups is 1. The van der Waals surface area contributed by atoms with E-state index in [1.165, 1.54) is 6.42 Å². The zero-order valence-corrected chi connectivity index (χ0v) is 17.3. The fourth-order valence-electron chi connectivity index (χ4n) is 3.95. The lowest BCUT2D eigenvalue weighted by Gasteiger charge is -2.44. The second-order valence-corrected chi connectivity index (χ2v) is 10.8. The van der Waals surface area contributed by atoms with Crippen LogP contribution in [0.4, 0.5) is 0 Å². The number of hydrogen-bond donors (Lipinski definition) is 2. The zero-order chi connectivity index (χ0) is 18.7. The van der Waals surface area contributed by atoms with Crippen LogP contribution in [0.3, 0.4) is 0 Å². The van der Waals surface area contributed by atoms with Crippen molar-refractivity contribution >= 4 is 15.8 Å². The number of piperidine rings is 1. The molecule has 0 amide bonds. The highest BCUT2D eigenvalue weighted by Gasteiger charge is 2.33. The Labute approximate surface area is 153 Å². The predicted molar refractivity (Wildman–Crippen MR) is 105 cm³/mol. The minimum Gasteiger partial charge on any atom is -0.357 e. The molecule has 0 aromatic rings. The Morgan fingerprint density at radius 2 is 1.88 bits per heavy atom. The van der Waals surface area contributed by atoms with Crippen LogP contribution >= 0.6 is 0 Å². The molecule has 0 bridgehead atoms. The molecule has 3 unspecified atom stereocenters. The number of aliphatic imine (C=N–C) groups is 1. The minimum atomic E-state index is -2.88. The average Bonchev–Trinajstić information content (AvgIpc) is 2.83. The van der Waals surface area contributed by atoms with Gasteiger partial charge in [0.1, 0.15) is 0 Å². The Bertz CT molecular complexity index is 564. The van der Waals surface area contributed by atoms with Crippen molar-refractivity contribution in [3.05, 3.63) is 0 Å². The number of nitrogens with one attached hydrogen (secondary N) is 2. The quantitative estimate of drug-likeness (QED) is 0.565. The van der Waals surface area contributed by atoms with Gasteiger partial charge >= 0.3 is 0 Å². The number of rotatable bonds is 5. The van der Waals surface area contributed by atoms with E-state index in [4.69, 9.17) is 4.99 Å². The first-order valence-electron chi connectivity index (χ1n) is 9.61. The fraction of sp³-hybridized carbons (Fsp3) is 0.944. The van der Waals surface area contributed by atoms with Crippen LogP contribution in [0.2, 0.25) is 0 Å². The van der Waals surface area contributed by atoms with Gasteiger partial charge in [-0.25, -0.2) is 8.42 Å². The van der Waals surface area contributed by atoms with Gasteiger partial charge in [-0.2, -0.15) is 0 Å². The molecule has 0 aromatic heterocycles. The molecular weight excluding hydrogens is 336 g/mol. The zero-order valence-electron chi connectivity index (χ0n) is 16.5. The van der Waals surface area contributed by atoms with Crippen molar-refractivity contribution in [1.82, 2.24) is 15.5 Å². The van der Waals surface area contributed by atoms with Gasteiger partial charge in [0, 0.05) is 31.2 Å². The Morgan fingerprint density at radius 1 is 1.24 bits per heavy atom. The predicted octanol–water partition coefficient (Wildman–Crippen LogP) is 1.49. The molecule has 0 spiro atoms. The van der Waals surface area contributed by atoms with Crippen molar-refractivity contribution in [3.63, 3.8) is 0 Å². The molecule has 25 heavy (non-hydrogen) atoms. The Morgan fingerprint density at radius 3 is 2.40 bits per heavy atom. The SMILES string of the molecule is CCNC(=NCC(C)(C)N1CC(C)CC(C)C1)NC1CCS(=O)(=O)C1. The third kappa shape index (κ3) is 6.13. The van der Waals surface area contributed by atoms with Crippen molar-refractivity contribution in [1.29, 1.82) is 0 Å². The molecule has 2 N–H and O–H groups in total. The van der Waals surface area contributed by atoms with Crippen LogP contribution in [0.5, 0.6) is 0 Å². The first-order chi connectivity index (χ1) is 11.6. The van der Waals surface area contributed by atoms with E-state index >= 15 is 0 Å². The summed E-state index contributed by atoms with van der Waals surface area (Å²) >= 11 is 0. The lowest BCUT2D eigenvalue weighted by Crippen LogP contribution is -2.53. The van der Waals surface area contributed by atoms with Gasteiger partial charge in [-0.15, -0.1) is 0 Å². The van der Waals surface area contributed by atoms with Crippen LogP contribution in [0.1, 0.15) is 47.5 Å². The van der Waals surface area contributed by atoms with Gasteiger partial charge in [-0.1, -0.05) is 13.8 Å². The minimum absolute atomic E-state index is 0.00690. The highest BCUT2D eigenvalue weighted by molar-refractivity contribution is 7.91. The fourth-order valence-corrected chi connectivity index (χ4v) is 5.63. The molecule has 0 saturated carbocycles. The number of nitrogens with zero attached hydrogens (tertiary/aromatic N) is 2. The summed E-state index contributed by atoms with van der Waals surface area (Å²) < 4.78 is 23.3. The standard InChI is InChI=1S/C18H36N4O2S/c1-6-19-17(21-16-7-8-25(23,24)12-16)20-13-18(4,5)22-10-14(2)9-15(3)11-22/h14-16H,6-13H2,1-5H3,(H2,19,20,21). The van der Waals surface area contributed by atoms with Gasteiger partial charge < -0.3 is 10.6 Å². The summed E-state index contributed by atoms with van der Waals surface area (Å²) in [5, 5.41) is 6.56. The first-order valence-corrected chi connectivity index (χ1v) is 11.4. The topological polar surface area (TPSA) is 73.8 Å². The summed E-state index contributed by atoms with van der Waals surface area (Å²) in [5.41, 5.74) is -0.00690. The Kier molecular flexibility index (Phi) is 6.76. The van der Waals surface area contributed by atoms with Crippen LogP contribution in [0, 0.1) is 11.8 Å². The van der Waals surface area contributed by atoms with Crippen LogP contribution in [-0.2, 0) is 9.84 Å². The van der Waals surface area contributed by atoms with Crippen LogP contribution < -0.4 is 10.6 Å². The summed E-state index contributed by atoms with van der Waals surface area (Å²) in [6.45, 7) is 14.9. The molecule has 2 fully saturated rings. The molecule has 6 nitrogen and oxygen atoms in total. The molecule has 2 saturated heterocycles. The largest absolute Gasteiger partial charge is 0.357 e. The smallest absolute Gasteiger partial charge is 0.191 e. The van der Waals surface area contributed by atoms with E-state index in [1.54, 1.807) is 0 Å². The van der Waals surface area contributed by atoms with Crippen molar-refractivity contribution in [2.24, 2.45) is 16.8 Å². The van der Waals surface area contributed by atoms with E-state index < -0.39 is 9.84 Å². The molecule has 7 heteroatoms. The Hall–Kier alpha value is -0.820. The number of likely N-dealkylation sites (tertiary alicyclic amines) is 1. The van der Waals surface area contributed by atoms with Gasteiger partial charge in [0.15, 0.2) is 15.8 Å². The number of hydrogen-bond acceptors (Lipinski definition) is 4. The van der Waals surface area contributed by atoms with Crippen LogP contribution in [-0.4, -0.2) is 68.5 Å². The van der Waals surface area contributed by atoms with E-state index in [9.17, 15) is 8.42 Å². The molecule has 0 radical (unpaired) electrons. The molecule has 146 valence electrons. The van der Waals surface area contributed by atoms with Crippen molar-refractivity contribution in [2.45, 2.75) is 59.0 Å². The van der Waals surface area contributed by atoms with Crippen molar-refractivity contribution in [2.75, 3.05) is 37.7 Å². The maximum atomic E-state index is 11.7. The molecular formula is C18H36N4O2S. The lowest BCUT2D eigenvalue weighted by molar-refractivity contribution is 0.0512. The lowest BCUT2D eigenvalue weighted by atomic mass is 9.88. The summed E-state index contributed by atoms with van der Waals surface area (Å²) in [5.74, 6) is 2.67.